The summed E-state index contributed by atoms with van der Waals surface area (Å²) in [7, 11) is 1.67. The van der Waals surface area contributed by atoms with E-state index in [9.17, 15) is 9.59 Å². The van der Waals surface area contributed by atoms with Gasteiger partial charge in [-0.3, -0.25) is 9.59 Å². The van der Waals surface area contributed by atoms with E-state index in [1.807, 2.05) is 13.0 Å². The monoisotopic (exact) mass is 643 g/mol. The number of carbonyl (C=O) groups excluding carboxylic acids is 1. The van der Waals surface area contributed by atoms with Crippen LogP contribution in [0.15, 0.2) is 6.07 Å². The summed E-state index contributed by atoms with van der Waals surface area (Å²) in [6.45, 7) is 2.65. The van der Waals surface area contributed by atoms with E-state index in [4.69, 9.17) is 9.84 Å². The number of hydrogen-bond acceptors (Lipinski definition) is 3. The molecule has 5 nitrogen and oxygen atoms in total. The van der Waals surface area contributed by atoms with E-state index in [2.05, 4.69) is 67.8 Å². The quantitative estimate of drug-likeness (QED) is 0.455. The predicted molar refractivity (Wildman–Crippen MR) is 111 cm³/mol. The first-order valence-corrected chi connectivity index (χ1v) is 9.81. The Morgan fingerprint density at radius 2 is 1.86 bits per heavy atom. The van der Waals surface area contributed by atoms with Crippen LogP contribution in [0.4, 0.5) is 5.69 Å². The molecule has 0 unspecified atom stereocenters. The first-order chi connectivity index (χ1) is 10.3. The second kappa shape index (κ2) is 9.45. The van der Waals surface area contributed by atoms with Gasteiger partial charge < -0.3 is 14.7 Å². The van der Waals surface area contributed by atoms with Gasteiger partial charge in [0.2, 0.25) is 5.91 Å². The van der Waals surface area contributed by atoms with Crippen molar-refractivity contribution in [3.05, 3.63) is 16.8 Å². The van der Waals surface area contributed by atoms with Crippen molar-refractivity contribution in [2.75, 3.05) is 18.6 Å². The van der Waals surface area contributed by atoms with Crippen LogP contribution in [-0.4, -0.2) is 30.6 Å². The number of benzene rings is 1. The molecule has 0 saturated carbocycles. The number of halogens is 3. The van der Waals surface area contributed by atoms with E-state index in [0.717, 1.165) is 28.6 Å². The average Bonchev–Trinajstić information content (AvgIpc) is 2.43. The summed E-state index contributed by atoms with van der Waals surface area (Å²) >= 11 is 6.58. The second-order valence-electron chi connectivity index (χ2n) is 4.53. The lowest BCUT2D eigenvalue weighted by atomic mass is 10.2. The number of carbonyl (C=O) groups is 2. The van der Waals surface area contributed by atoms with Gasteiger partial charge in [-0.15, -0.1) is 0 Å². The summed E-state index contributed by atoms with van der Waals surface area (Å²) in [5.74, 6) is -0.419. The molecule has 1 N–H and O–H groups in total. The summed E-state index contributed by atoms with van der Waals surface area (Å²) in [5, 5.41) is 8.71. The summed E-state index contributed by atoms with van der Waals surface area (Å²) < 4.78 is 8.59. The summed E-state index contributed by atoms with van der Waals surface area (Å²) in [6, 6.07) is 1.96. The number of carboxylic acids is 1. The lowest BCUT2D eigenvalue weighted by molar-refractivity contribution is -0.138. The van der Waals surface area contributed by atoms with Crippen molar-refractivity contribution in [2.24, 2.45) is 0 Å². The van der Waals surface area contributed by atoms with Crippen molar-refractivity contribution < 1.29 is 19.4 Å². The van der Waals surface area contributed by atoms with Crippen molar-refractivity contribution in [2.45, 2.75) is 26.2 Å². The molecule has 8 heteroatoms. The third-order valence-electron chi connectivity index (χ3n) is 2.82. The third-order valence-corrected chi connectivity index (χ3v) is 5.44. The average molecular weight is 643 g/mol. The summed E-state index contributed by atoms with van der Waals surface area (Å²) in [4.78, 5) is 24.3. The highest BCUT2D eigenvalue weighted by Crippen LogP contribution is 2.38. The first kappa shape index (κ1) is 20.2. The number of hydrogen-bond donors (Lipinski definition) is 1. The predicted octanol–water partition coefficient (Wildman–Crippen LogP) is 4.12. The minimum absolute atomic E-state index is 0.0187. The van der Waals surface area contributed by atoms with Crippen LogP contribution < -0.4 is 9.64 Å². The van der Waals surface area contributed by atoms with Crippen LogP contribution in [-0.2, 0) is 9.59 Å². The number of aliphatic carboxylic acids is 1. The lowest BCUT2D eigenvalue weighted by Gasteiger charge is -2.23. The highest BCUT2D eigenvalue weighted by molar-refractivity contribution is 14.1. The van der Waals surface area contributed by atoms with Gasteiger partial charge in [-0.25, -0.2) is 0 Å². The normalized spacial score (nSPS) is 10.4. The number of anilines is 1. The third kappa shape index (κ3) is 5.35. The number of rotatable bonds is 7. The molecule has 0 spiro atoms. The van der Waals surface area contributed by atoms with Gasteiger partial charge in [0.25, 0.3) is 0 Å². The Bertz CT molecular complexity index is 578. The van der Waals surface area contributed by atoms with E-state index < -0.39 is 5.97 Å². The van der Waals surface area contributed by atoms with E-state index in [-0.39, 0.29) is 18.7 Å². The standard InChI is InChI=1S/C14H16I3NO4/c1-3-6-22-14-9(16)7-8(15)13(12(14)17)18(2)10(19)4-5-11(20)21/h7H,3-6H2,1-2H3,(H,20,21). The summed E-state index contributed by atoms with van der Waals surface area (Å²) in [5.41, 5.74) is 0.767. The van der Waals surface area contributed by atoms with E-state index in [1.54, 1.807) is 7.05 Å². The van der Waals surface area contributed by atoms with Crippen LogP contribution in [0.1, 0.15) is 26.2 Å². The van der Waals surface area contributed by atoms with E-state index >= 15 is 0 Å². The van der Waals surface area contributed by atoms with Gasteiger partial charge in [0.05, 0.1) is 25.9 Å². The molecule has 0 aliphatic rings. The Morgan fingerprint density at radius 1 is 1.23 bits per heavy atom. The largest absolute Gasteiger partial charge is 0.491 e. The molecule has 0 bridgehead atoms. The molecule has 122 valence electrons. The van der Waals surface area contributed by atoms with E-state index in [1.165, 1.54) is 4.90 Å². The zero-order valence-corrected chi connectivity index (χ0v) is 18.6. The Kier molecular flexibility index (Phi) is 8.67. The number of ether oxygens (including phenoxy) is 1. The second-order valence-corrected chi connectivity index (χ2v) is 7.93. The van der Waals surface area contributed by atoms with Crippen LogP contribution in [0.2, 0.25) is 0 Å². The van der Waals surface area contributed by atoms with Crippen LogP contribution in [0, 0.1) is 10.7 Å². The molecular formula is C14H16I3NO4. The maximum atomic E-state index is 12.2. The maximum absolute atomic E-state index is 12.2. The van der Waals surface area contributed by atoms with E-state index in [0.29, 0.717) is 6.61 Å². The topological polar surface area (TPSA) is 66.8 Å². The molecule has 1 rings (SSSR count). The lowest BCUT2D eigenvalue weighted by Crippen LogP contribution is -2.28. The maximum Gasteiger partial charge on any atom is 0.303 e. The van der Waals surface area contributed by atoms with Crippen LogP contribution >= 0.6 is 67.8 Å². The fourth-order valence-corrected chi connectivity index (χ4v) is 6.12. The van der Waals surface area contributed by atoms with Gasteiger partial charge >= 0.3 is 5.97 Å². The van der Waals surface area contributed by atoms with Crippen molar-refractivity contribution in [3.8, 4) is 5.75 Å². The van der Waals surface area contributed by atoms with Gasteiger partial charge in [0, 0.05) is 17.0 Å². The highest BCUT2D eigenvalue weighted by Gasteiger charge is 2.22. The van der Waals surface area contributed by atoms with Crippen LogP contribution in [0.5, 0.6) is 5.75 Å². The summed E-state index contributed by atoms with van der Waals surface area (Å²) in [6.07, 6.45) is 0.718. The molecule has 22 heavy (non-hydrogen) atoms. The van der Waals surface area contributed by atoms with Gasteiger partial charge in [-0.05, 0) is 80.3 Å². The molecule has 0 fully saturated rings. The number of nitrogens with zero attached hydrogens (tertiary/aromatic N) is 1. The molecule has 1 amide bonds. The van der Waals surface area contributed by atoms with Gasteiger partial charge in [-0.2, -0.15) is 0 Å². The zero-order valence-electron chi connectivity index (χ0n) is 12.2. The Balaban J connectivity index is 3.11. The molecule has 0 aliphatic heterocycles. The van der Waals surface area contributed by atoms with Crippen molar-refractivity contribution in [1.29, 1.82) is 0 Å². The fourth-order valence-electron chi connectivity index (χ4n) is 1.71. The van der Waals surface area contributed by atoms with Gasteiger partial charge in [0.15, 0.2) is 0 Å². The molecule has 0 aromatic heterocycles. The Hall–Kier alpha value is 0.150. The molecule has 1 aromatic rings. The van der Waals surface area contributed by atoms with Crippen molar-refractivity contribution in [3.63, 3.8) is 0 Å². The van der Waals surface area contributed by atoms with Gasteiger partial charge in [0.1, 0.15) is 5.75 Å². The minimum Gasteiger partial charge on any atom is -0.491 e. The van der Waals surface area contributed by atoms with Gasteiger partial charge in [-0.1, -0.05) is 6.92 Å². The molecule has 0 aliphatic carbocycles. The minimum atomic E-state index is -0.972. The Morgan fingerprint density at radius 3 is 2.41 bits per heavy atom. The SMILES string of the molecule is CCCOc1c(I)cc(I)c(N(C)C(=O)CCC(=O)O)c1I. The highest BCUT2D eigenvalue weighted by atomic mass is 127. The molecule has 0 heterocycles. The molecule has 1 aromatic carbocycles. The number of amides is 1. The van der Waals surface area contributed by atoms with Crippen molar-refractivity contribution in [1.82, 2.24) is 0 Å². The Labute approximate surface area is 170 Å². The zero-order chi connectivity index (χ0) is 16.9. The molecule has 0 atom stereocenters. The van der Waals surface area contributed by atoms with Crippen molar-refractivity contribution >= 4 is 85.3 Å². The fraction of sp³-hybridized carbons (Fsp3) is 0.429. The first-order valence-electron chi connectivity index (χ1n) is 6.58. The molecule has 0 radical (unpaired) electrons. The molecular weight excluding hydrogens is 627 g/mol. The smallest absolute Gasteiger partial charge is 0.303 e. The van der Waals surface area contributed by atoms with Crippen LogP contribution in [0.25, 0.3) is 0 Å². The van der Waals surface area contributed by atoms with Crippen LogP contribution in [0.3, 0.4) is 0 Å². The number of carboxylic acid groups (broad SMARTS) is 1. The molecule has 0 saturated heterocycles.